The van der Waals surface area contributed by atoms with Crippen LogP contribution in [0.4, 0.5) is 0 Å². The van der Waals surface area contributed by atoms with Gasteiger partial charge in [0, 0.05) is 13.3 Å². The summed E-state index contributed by atoms with van der Waals surface area (Å²) in [5.74, 6) is 0.578. The van der Waals surface area contributed by atoms with Crippen LogP contribution >= 0.6 is 0 Å². The van der Waals surface area contributed by atoms with Gasteiger partial charge in [-0.25, -0.2) is 0 Å². The van der Waals surface area contributed by atoms with Crippen molar-refractivity contribution in [2.24, 2.45) is 5.16 Å². The SMILES string of the molecule is CCO/C(C)=N\OCCC1CO1.[CH3-].[Db]. The molecule has 1 fully saturated rings. The molecule has 0 aromatic carbocycles. The average Bonchev–Trinajstić information content (AvgIpc) is 2.82. The zero-order valence-electron chi connectivity index (χ0n) is 9.28. The Labute approximate surface area is 79.8 Å². The molecule has 0 radical (unpaired) electrons. The van der Waals surface area contributed by atoms with Gasteiger partial charge >= 0.3 is 0 Å². The van der Waals surface area contributed by atoms with Crippen molar-refractivity contribution in [1.82, 2.24) is 0 Å². The van der Waals surface area contributed by atoms with Gasteiger partial charge in [-0.2, -0.15) is 0 Å². The fraction of sp³-hybridized carbons (Fsp3) is 0.778. The molecule has 0 aliphatic carbocycles. The molecule has 1 aliphatic rings. The van der Waals surface area contributed by atoms with Crippen molar-refractivity contribution >= 4 is 5.90 Å². The molecule has 1 rings (SSSR count). The zero-order valence-corrected chi connectivity index (χ0v) is 15.7. The standard InChI is InChI=1S/C8H15NO3.CH3.Db/c1-3-10-7(2)9-12-5-4-8-6-11-8;;/h8H,3-6H2,1-2H3;1H3;/q;-1;/b9-7-;;. The second-order valence-corrected chi connectivity index (χ2v) is 2.62. The molecule has 0 amide bonds. The number of hydrogen-bond donors (Lipinski definition) is 0. The van der Waals surface area contributed by atoms with Crippen molar-refractivity contribution in [3.8, 4) is 0 Å². The van der Waals surface area contributed by atoms with Crippen LogP contribution in [-0.4, -0.2) is 31.8 Å². The number of nitrogens with zero attached hydrogens (tertiary/aromatic N) is 1. The molecule has 1 atom stereocenters. The minimum Gasteiger partial charge on any atom is -0.479 e. The van der Waals surface area contributed by atoms with Crippen LogP contribution in [0.5, 0.6) is 0 Å². The molecular weight excluding hydrogens is 438 g/mol. The first-order chi connectivity index (χ1) is 5.83. The summed E-state index contributed by atoms with van der Waals surface area (Å²) in [7, 11) is 0. The Morgan fingerprint density at radius 2 is 2.21 bits per heavy atom. The van der Waals surface area contributed by atoms with Crippen LogP contribution in [-0.2, 0) is 14.3 Å². The summed E-state index contributed by atoms with van der Waals surface area (Å²) in [5.41, 5.74) is 0. The first kappa shape index (κ1) is 14.7. The molecule has 0 bridgehead atoms. The number of hydrogen-bond acceptors (Lipinski definition) is 4. The first-order valence-electron chi connectivity index (χ1n) is 4.24. The average molecular weight is 456 g/mol. The Morgan fingerprint density at radius 3 is 2.71 bits per heavy atom. The summed E-state index contributed by atoms with van der Waals surface area (Å²) >= 11 is 0. The summed E-state index contributed by atoms with van der Waals surface area (Å²) in [6.45, 7) is 5.80. The maximum absolute atomic E-state index is 5.06. The summed E-state index contributed by atoms with van der Waals surface area (Å²) in [4.78, 5) is 4.98. The minimum atomic E-state index is 0. The van der Waals surface area contributed by atoms with E-state index in [1.165, 1.54) is 0 Å². The zero-order chi connectivity index (χ0) is 8.81. The van der Waals surface area contributed by atoms with Gasteiger partial charge in [0.05, 0.1) is 19.3 Å². The normalized spacial score (nSPS) is 19.0. The molecule has 5 heteroatoms. The molecule has 0 aromatic rings. The van der Waals surface area contributed by atoms with Gasteiger partial charge in [0.2, 0.25) is 5.90 Å². The fourth-order valence-corrected chi connectivity index (χ4v) is 0.791. The third kappa shape index (κ3) is 6.91. The maximum atomic E-state index is 5.06. The van der Waals surface area contributed by atoms with Gasteiger partial charge in [0.25, 0.3) is 0 Å². The molecule has 1 saturated heterocycles. The van der Waals surface area contributed by atoms with E-state index in [0.29, 0.717) is 25.2 Å². The predicted molar refractivity (Wildman–Crippen MR) is 51.5 cm³/mol. The van der Waals surface area contributed by atoms with Gasteiger partial charge in [-0.05, 0) is 6.92 Å². The van der Waals surface area contributed by atoms with Gasteiger partial charge < -0.3 is 21.7 Å². The molecule has 0 saturated carbocycles. The van der Waals surface area contributed by atoms with E-state index in [1.54, 1.807) is 6.92 Å². The van der Waals surface area contributed by atoms with Crippen LogP contribution in [0.15, 0.2) is 5.16 Å². The van der Waals surface area contributed by atoms with E-state index < -0.39 is 0 Å². The van der Waals surface area contributed by atoms with Crippen LogP contribution in [0.2, 0.25) is 0 Å². The Morgan fingerprint density at radius 1 is 1.57 bits per heavy atom. The second kappa shape index (κ2) is 7.86. The molecule has 0 aromatic heterocycles. The number of epoxide rings is 1. The van der Waals surface area contributed by atoms with Crippen LogP contribution < -0.4 is 0 Å². The molecule has 14 heavy (non-hydrogen) atoms. The Bertz CT molecular complexity index is 160. The van der Waals surface area contributed by atoms with Crippen LogP contribution in [0.3, 0.4) is 0 Å². The van der Waals surface area contributed by atoms with Crippen molar-refractivity contribution in [1.29, 1.82) is 0 Å². The summed E-state index contributed by atoms with van der Waals surface area (Å²) < 4.78 is 10.1. The van der Waals surface area contributed by atoms with E-state index in [2.05, 4.69) is 5.16 Å². The molecule has 4 nitrogen and oxygen atoms in total. The van der Waals surface area contributed by atoms with Crippen molar-refractivity contribution < 1.29 is 14.3 Å². The van der Waals surface area contributed by atoms with Gasteiger partial charge in [-0.3, -0.25) is 0 Å². The van der Waals surface area contributed by atoms with Crippen LogP contribution in [0.1, 0.15) is 20.3 Å². The second-order valence-electron chi connectivity index (χ2n) is 2.62. The predicted octanol–water partition coefficient (Wildman–Crippen LogP) is 1.61. The molecule has 1 aliphatic heterocycles. The van der Waals surface area contributed by atoms with E-state index in [9.17, 15) is 0 Å². The fourth-order valence-electron chi connectivity index (χ4n) is 0.791. The van der Waals surface area contributed by atoms with Crippen LogP contribution in [0, 0.1) is 7.43 Å². The van der Waals surface area contributed by atoms with E-state index >= 15 is 0 Å². The maximum Gasteiger partial charge on any atom is 0.222 e. The van der Waals surface area contributed by atoms with Crippen molar-refractivity contribution in [3.05, 3.63) is 7.43 Å². The summed E-state index contributed by atoms with van der Waals surface area (Å²) in [6.07, 6.45) is 1.33. The van der Waals surface area contributed by atoms with E-state index in [0.717, 1.165) is 13.0 Å². The molecule has 1 heterocycles. The summed E-state index contributed by atoms with van der Waals surface area (Å²) in [6, 6.07) is 0. The van der Waals surface area contributed by atoms with E-state index in [1.807, 2.05) is 6.92 Å². The van der Waals surface area contributed by atoms with E-state index in [-0.39, 0.29) is 7.43 Å². The number of rotatable bonds is 5. The topological polar surface area (TPSA) is 43.4 Å². The van der Waals surface area contributed by atoms with E-state index in [4.69, 9.17) is 14.3 Å². The number of oxime groups is 1. The molecule has 1 unspecified atom stereocenters. The van der Waals surface area contributed by atoms with Gasteiger partial charge in [-0.1, -0.05) is 5.16 Å². The third-order valence-corrected chi connectivity index (χ3v) is 1.48. The Kier molecular flexibility index (Phi) is 8.27. The largest absolute Gasteiger partial charge is 0.479 e. The Balaban J connectivity index is 0. The molecule has 80 valence electrons. The minimum absolute atomic E-state index is 0. The van der Waals surface area contributed by atoms with Crippen molar-refractivity contribution in [2.45, 2.75) is 26.4 Å². The van der Waals surface area contributed by atoms with Gasteiger partial charge in [0.1, 0.15) is 6.61 Å². The quantitative estimate of drug-likeness (QED) is 0.158. The van der Waals surface area contributed by atoms with Gasteiger partial charge in [-0.15, -0.1) is 0 Å². The monoisotopic (exact) mass is 456 g/mol. The van der Waals surface area contributed by atoms with Crippen molar-refractivity contribution in [3.63, 3.8) is 0 Å². The van der Waals surface area contributed by atoms with Crippen LogP contribution in [0.25, 0.3) is 0 Å². The molecular formula is C9H18DbNO3-. The van der Waals surface area contributed by atoms with Gasteiger partial charge in [0.15, 0.2) is 0 Å². The van der Waals surface area contributed by atoms with Crippen molar-refractivity contribution in [2.75, 3.05) is 19.8 Å². The smallest absolute Gasteiger partial charge is 0.222 e. The molecule has 0 N–H and O–H groups in total. The first-order valence-corrected chi connectivity index (χ1v) is 4.24. The number of ether oxygens (including phenoxy) is 2. The summed E-state index contributed by atoms with van der Waals surface area (Å²) in [5, 5.41) is 3.75. The Hall–Kier alpha value is -1.77. The third-order valence-electron chi connectivity index (χ3n) is 1.48. The molecule has 0 spiro atoms.